The van der Waals surface area contributed by atoms with E-state index in [-0.39, 0.29) is 6.10 Å². The van der Waals surface area contributed by atoms with Crippen molar-refractivity contribution >= 4 is 10.9 Å². The third kappa shape index (κ3) is 2.54. The molecule has 0 saturated carbocycles. The number of hydrogen-bond donors (Lipinski definition) is 0. The van der Waals surface area contributed by atoms with E-state index >= 15 is 0 Å². The first kappa shape index (κ1) is 12.5. The average molecular weight is 284 g/mol. The largest absolute Gasteiger partial charge is 0.378 e. The summed E-state index contributed by atoms with van der Waals surface area (Å²) in [6.45, 7) is 1.33. The highest BCUT2D eigenvalue weighted by atomic mass is 16.5. The van der Waals surface area contributed by atoms with E-state index in [1.54, 1.807) is 0 Å². The smallest absolute Gasteiger partial charge is 0.248 e. The van der Waals surface area contributed by atoms with Gasteiger partial charge in [-0.3, -0.25) is 4.68 Å². The van der Waals surface area contributed by atoms with Gasteiger partial charge in [-0.15, -0.1) is 0 Å². The van der Waals surface area contributed by atoms with Crippen molar-refractivity contribution in [2.45, 2.75) is 31.9 Å². The van der Waals surface area contributed by atoms with Crippen LogP contribution in [-0.2, 0) is 17.7 Å². The van der Waals surface area contributed by atoms with Gasteiger partial charge in [-0.05, 0) is 18.9 Å². The van der Waals surface area contributed by atoms with Crippen molar-refractivity contribution in [1.82, 2.24) is 19.9 Å². The normalized spacial score (nSPS) is 18.6. The van der Waals surface area contributed by atoms with Crippen LogP contribution in [0.1, 0.15) is 24.6 Å². The fourth-order valence-electron chi connectivity index (χ4n) is 2.73. The van der Waals surface area contributed by atoms with Crippen molar-refractivity contribution < 1.29 is 9.26 Å². The molecule has 1 atom stereocenters. The number of hydrogen-bond acceptors (Lipinski definition) is 5. The van der Waals surface area contributed by atoms with Crippen LogP contribution in [0.3, 0.4) is 0 Å². The molecular formula is C15H16N4O2. The van der Waals surface area contributed by atoms with Gasteiger partial charge >= 0.3 is 0 Å². The third-order valence-electron chi connectivity index (χ3n) is 3.78. The zero-order valence-electron chi connectivity index (χ0n) is 11.6. The second-order valence-corrected chi connectivity index (χ2v) is 5.30. The van der Waals surface area contributed by atoms with E-state index in [4.69, 9.17) is 9.26 Å². The lowest BCUT2D eigenvalue weighted by Crippen LogP contribution is -2.10. The Balaban J connectivity index is 1.50. The Hall–Kier alpha value is -2.21. The maximum atomic E-state index is 5.59. The maximum Gasteiger partial charge on any atom is 0.248 e. The predicted octanol–water partition coefficient (Wildman–Crippen LogP) is 2.19. The highest BCUT2D eigenvalue weighted by Gasteiger charge is 2.19. The summed E-state index contributed by atoms with van der Waals surface area (Å²) in [6.07, 6.45) is 5.01. The van der Waals surface area contributed by atoms with Gasteiger partial charge in [-0.25, -0.2) is 0 Å². The Labute approximate surface area is 121 Å². The predicted molar refractivity (Wildman–Crippen MR) is 75.8 cm³/mol. The standard InChI is InChI=1S/C15H16N4O2/c1-2-6-13-11(4-1)9-16-19(13)10-15-17-14(18-21-15)8-12-5-3-7-20-12/h1-2,4,6,9,12H,3,5,7-8,10H2/t12-/m0/s1. The molecule has 0 unspecified atom stereocenters. The van der Waals surface area contributed by atoms with Gasteiger partial charge < -0.3 is 9.26 Å². The molecule has 6 nitrogen and oxygen atoms in total. The molecule has 1 aliphatic heterocycles. The van der Waals surface area contributed by atoms with Gasteiger partial charge in [-0.2, -0.15) is 10.1 Å². The summed E-state index contributed by atoms with van der Waals surface area (Å²) in [7, 11) is 0. The molecule has 21 heavy (non-hydrogen) atoms. The number of rotatable bonds is 4. The molecule has 3 heterocycles. The molecule has 1 aromatic carbocycles. The summed E-state index contributed by atoms with van der Waals surface area (Å²) in [5.41, 5.74) is 1.07. The summed E-state index contributed by atoms with van der Waals surface area (Å²) in [4.78, 5) is 4.44. The van der Waals surface area contributed by atoms with E-state index in [2.05, 4.69) is 15.2 Å². The Morgan fingerprint density at radius 2 is 2.24 bits per heavy atom. The maximum absolute atomic E-state index is 5.59. The van der Waals surface area contributed by atoms with E-state index < -0.39 is 0 Å². The van der Waals surface area contributed by atoms with E-state index in [9.17, 15) is 0 Å². The van der Waals surface area contributed by atoms with Crippen LogP contribution >= 0.6 is 0 Å². The van der Waals surface area contributed by atoms with Gasteiger partial charge in [0, 0.05) is 18.4 Å². The lowest BCUT2D eigenvalue weighted by atomic mass is 10.2. The quantitative estimate of drug-likeness (QED) is 0.734. The molecule has 0 aliphatic carbocycles. The average Bonchev–Trinajstić information content (AvgIpc) is 3.23. The lowest BCUT2D eigenvalue weighted by Gasteiger charge is -2.03. The van der Waals surface area contributed by atoms with Crippen LogP contribution in [0.15, 0.2) is 35.0 Å². The first-order chi connectivity index (χ1) is 10.4. The van der Waals surface area contributed by atoms with Crippen molar-refractivity contribution in [1.29, 1.82) is 0 Å². The first-order valence-electron chi connectivity index (χ1n) is 7.22. The van der Waals surface area contributed by atoms with Crippen molar-refractivity contribution in [3.05, 3.63) is 42.2 Å². The molecule has 1 saturated heterocycles. The zero-order chi connectivity index (χ0) is 14.1. The number of nitrogens with zero attached hydrogens (tertiary/aromatic N) is 4. The second kappa shape index (κ2) is 5.29. The zero-order valence-corrected chi connectivity index (χ0v) is 11.6. The summed E-state index contributed by atoms with van der Waals surface area (Å²) < 4.78 is 12.8. The van der Waals surface area contributed by atoms with Crippen LogP contribution in [0.2, 0.25) is 0 Å². The molecule has 0 amide bonds. The van der Waals surface area contributed by atoms with Gasteiger partial charge in [0.25, 0.3) is 0 Å². The number of ether oxygens (including phenoxy) is 1. The molecule has 0 radical (unpaired) electrons. The van der Waals surface area contributed by atoms with Crippen molar-refractivity contribution in [2.75, 3.05) is 6.61 Å². The summed E-state index contributed by atoms with van der Waals surface area (Å²) in [6, 6.07) is 8.07. The molecule has 1 aliphatic rings. The molecule has 0 spiro atoms. The Bertz CT molecular complexity index is 743. The van der Waals surface area contributed by atoms with E-state index in [1.165, 1.54) is 0 Å². The van der Waals surface area contributed by atoms with Crippen LogP contribution in [0.5, 0.6) is 0 Å². The van der Waals surface area contributed by atoms with E-state index in [0.717, 1.165) is 36.8 Å². The molecular weight excluding hydrogens is 268 g/mol. The fraction of sp³-hybridized carbons (Fsp3) is 0.400. The number of para-hydroxylation sites is 1. The topological polar surface area (TPSA) is 66.0 Å². The SMILES string of the molecule is c1ccc2c(c1)cnn2Cc1nc(C[C@@H]2CCCO2)no1. The minimum atomic E-state index is 0.237. The van der Waals surface area contributed by atoms with Crippen LogP contribution < -0.4 is 0 Å². The van der Waals surface area contributed by atoms with Crippen LogP contribution in [0.25, 0.3) is 10.9 Å². The van der Waals surface area contributed by atoms with Gasteiger partial charge in [0.2, 0.25) is 5.89 Å². The van der Waals surface area contributed by atoms with Gasteiger partial charge in [0.15, 0.2) is 5.82 Å². The minimum absolute atomic E-state index is 0.237. The summed E-state index contributed by atoms with van der Waals surface area (Å²) in [5, 5.41) is 9.51. The second-order valence-electron chi connectivity index (χ2n) is 5.30. The van der Waals surface area contributed by atoms with Crippen LogP contribution in [0, 0.1) is 0 Å². The summed E-state index contributed by atoms with van der Waals surface area (Å²) >= 11 is 0. The van der Waals surface area contributed by atoms with E-state index in [1.807, 2.05) is 35.1 Å². The molecule has 6 heteroatoms. The highest BCUT2D eigenvalue weighted by molar-refractivity contribution is 5.78. The van der Waals surface area contributed by atoms with Gasteiger partial charge in [-0.1, -0.05) is 23.4 Å². The number of fused-ring (bicyclic) bond motifs is 1. The summed E-state index contributed by atoms with van der Waals surface area (Å²) in [5.74, 6) is 1.30. The van der Waals surface area contributed by atoms with Crippen molar-refractivity contribution in [3.8, 4) is 0 Å². The monoisotopic (exact) mass is 284 g/mol. The third-order valence-corrected chi connectivity index (χ3v) is 3.78. The molecule has 4 rings (SSSR count). The Morgan fingerprint density at radius 3 is 3.14 bits per heavy atom. The molecule has 2 aromatic heterocycles. The van der Waals surface area contributed by atoms with Gasteiger partial charge in [0.1, 0.15) is 6.54 Å². The molecule has 0 N–H and O–H groups in total. The van der Waals surface area contributed by atoms with Crippen LogP contribution in [-0.4, -0.2) is 32.6 Å². The fourth-order valence-corrected chi connectivity index (χ4v) is 2.73. The first-order valence-corrected chi connectivity index (χ1v) is 7.22. The molecule has 0 bridgehead atoms. The van der Waals surface area contributed by atoms with E-state index in [0.29, 0.717) is 18.3 Å². The molecule has 1 fully saturated rings. The highest BCUT2D eigenvalue weighted by Crippen LogP contribution is 2.17. The minimum Gasteiger partial charge on any atom is -0.378 e. The Morgan fingerprint density at radius 1 is 1.29 bits per heavy atom. The molecule has 108 valence electrons. The van der Waals surface area contributed by atoms with Gasteiger partial charge in [0.05, 0.1) is 17.8 Å². The number of benzene rings is 1. The molecule has 3 aromatic rings. The lowest BCUT2D eigenvalue weighted by molar-refractivity contribution is 0.109. The van der Waals surface area contributed by atoms with Crippen LogP contribution in [0.4, 0.5) is 0 Å². The number of aromatic nitrogens is 4. The Kier molecular flexibility index (Phi) is 3.16. The van der Waals surface area contributed by atoms with Crippen molar-refractivity contribution in [2.24, 2.45) is 0 Å². The van der Waals surface area contributed by atoms with Crippen molar-refractivity contribution in [3.63, 3.8) is 0 Å².